The largest absolute Gasteiger partial charge is 0.378 e. The van der Waals surface area contributed by atoms with E-state index in [1.54, 1.807) is 0 Å². The number of nitrogens with zero attached hydrogens (tertiary/aromatic N) is 2. The number of hydrogen-bond donors (Lipinski definition) is 1. The molecule has 0 aliphatic carbocycles. The summed E-state index contributed by atoms with van der Waals surface area (Å²) in [5, 5.41) is 0. The fraction of sp³-hybridized carbons (Fsp3) is 0.556. The number of aromatic amines is 1. The van der Waals surface area contributed by atoms with Crippen LogP contribution in [0.15, 0.2) is 18.2 Å². The lowest BCUT2D eigenvalue weighted by molar-refractivity contribution is -0.129. The van der Waals surface area contributed by atoms with Crippen molar-refractivity contribution in [1.29, 1.82) is 0 Å². The molecule has 5 nitrogen and oxygen atoms in total. The standard InChI is InChI=1S/C18H25N3O2/c1-13-19-16-8-7-14(11-17(16)20-13)12-18(22)21(2)9-3-5-15-6-4-10-23-15/h7-8,11,15H,3-6,9-10,12H2,1-2H3,(H,19,20)/t15-/m1/s1. The molecule has 1 amide bonds. The first kappa shape index (κ1) is 16.0. The molecule has 5 heteroatoms. The lowest BCUT2D eigenvalue weighted by Crippen LogP contribution is -2.29. The van der Waals surface area contributed by atoms with Crippen molar-refractivity contribution >= 4 is 16.9 Å². The summed E-state index contributed by atoms with van der Waals surface area (Å²) in [6, 6.07) is 5.98. The molecule has 0 bridgehead atoms. The molecule has 0 unspecified atom stereocenters. The Balaban J connectivity index is 1.50. The Bertz CT molecular complexity index is 674. The number of rotatable bonds is 6. The number of fused-ring (bicyclic) bond motifs is 1. The highest BCUT2D eigenvalue weighted by Gasteiger charge is 2.16. The lowest BCUT2D eigenvalue weighted by Gasteiger charge is -2.18. The number of aromatic nitrogens is 2. The van der Waals surface area contributed by atoms with Gasteiger partial charge >= 0.3 is 0 Å². The van der Waals surface area contributed by atoms with E-state index in [9.17, 15) is 4.79 Å². The molecule has 124 valence electrons. The van der Waals surface area contributed by atoms with E-state index in [0.29, 0.717) is 12.5 Å². The first-order valence-electron chi connectivity index (χ1n) is 8.42. The summed E-state index contributed by atoms with van der Waals surface area (Å²) in [5.74, 6) is 1.06. The average molecular weight is 315 g/mol. The van der Waals surface area contributed by atoms with Crippen molar-refractivity contribution < 1.29 is 9.53 Å². The van der Waals surface area contributed by atoms with Crippen molar-refractivity contribution in [3.8, 4) is 0 Å². The number of carbonyl (C=O) groups excluding carboxylic acids is 1. The van der Waals surface area contributed by atoms with Crippen LogP contribution in [-0.4, -0.2) is 47.1 Å². The van der Waals surface area contributed by atoms with Gasteiger partial charge in [0, 0.05) is 20.2 Å². The van der Waals surface area contributed by atoms with Crippen molar-refractivity contribution in [3.63, 3.8) is 0 Å². The van der Waals surface area contributed by atoms with Crippen LogP contribution in [0.2, 0.25) is 0 Å². The van der Waals surface area contributed by atoms with Crippen LogP contribution < -0.4 is 0 Å². The zero-order valence-electron chi connectivity index (χ0n) is 14.0. The van der Waals surface area contributed by atoms with Crippen molar-refractivity contribution in [2.24, 2.45) is 0 Å². The highest BCUT2D eigenvalue weighted by Crippen LogP contribution is 2.17. The molecule has 2 heterocycles. The van der Waals surface area contributed by atoms with Gasteiger partial charge in [0.15, 0.2) is 0 Å². The second-order valence-corrected chi connectivity index (χ2v) is 6.44. The van der Waals surface area contributed by atoms with E-state index in [-0.39, 0.29) is 5.91 Å². The van der Waals surface area contributed by atoms with Gasteiger partial charge in [0.2, 0.25) is 5.91 Å². The molecule has 1 atom stereocenters. The molecule has 1 fully saturated rings. The molecule has 0 spiro atoms. The molecule has 1 saturated heterocycles. The third-order valence-corrected chi connectivity index (χ3v) is 4.49. The third kappa shape index (κ3) is 4.10. The van der Waals surface area contributed by atoms with E-state index >= 15 is 0 Å². The van der Waals surface area contributed by atoms with E-state index in [1.165, 1.54) is 12.8 Å². The number of aryl methyl sites for hydroxylation is 1. The predicted molar refractivity (Wildman–Crippen MR) is 90.4 cm³/mol. The van der Waals surface area contributed by atoms with Gasteiger partial charge in [-0.1, -0.05) is 6.07 Å². The molecule has 23 heavy (non-hydrogen) atoms. The number of amides is 1. The maximum absolute atomic E-state index is 12.3. The summed E-state index contributed by atoms with van der Waals surface area (Å²) < 4.78 is 5.62. The van der Waals surface area contributed by atoms with Crippen LogP contribution in [0.3, 0.4) is 0 Å². The van der Waals surface area contributed by atoms with Gasteiger partial charge in [-0.15, -0.1) is 0 Å². The number of hydrogen-bond acceptors (Lipinski definition) is 3. The SMILES string of the molecule is Cc1nc2ccc(CC(=O)N(C)CCC[C@@H]3CCCO3)cc2[nH]1. The Morgan fingerprint density at radius 2 is 2.35 bits per heavy atom. The summed E-state index contributed by atoms with van der Waals surface area (Å²) in [5.41, 5.74) is 2.97. The Morgan fingerprint density at radius 1 is 1.48 bits per heavy atom. The molecule has 1 aromatic heterocycles. The van der Waals surface area contributed by atoms with Crippen LogP contribution in [0.5, 0.6) is 0 Å². The van der Waals surface area contributed by atoms with Gasteiger partial charge in [0.25, 0.3) is 0 Å². The Hall–Kier alpha value is -1.88. The number of nitrogens with one attached hydrogen (secondary N) is 1. The summed E-state index contributed by atoms with van der Waals surface area (Å²) >= 11 is 0. The van der Waals surface area contributed by atoms with Gasteiger partial charge in [-0.3, -0.25) is 4.79 Å². The Labute approximate surface area is 137 Å². The number of benzene rings is 1. The van der Waals surface area contributed by atoms with Crippen LogP contribution >= 0.6 is 0 Å². The maximum Gasteiger partial charge on any atom is 0.226 e. The van der Waals surface area contributed by atoms with Gasteiger partial charge in [-0.25, -0.2) is 4.98 Å². The second-order valence-electron chi connectivity index (χ2n) is 6.44. The van der Waals surface area contributed by atoms with Gasteiger partial charge in [0.05, 0.1) is 23.6 Å². The van der Waals surface area contributed by atoms with Gasteiger partial charge < -0.3 is 14.6 Å². The normalized spacial score (nSPS) is 17.7. The lowest BCUT2D eigenvalue weighted by atomic mass is 10.1. The summed E-state index contributed by atoms with van der Waals surface area (Å²) in [4.78, 5) is 21.8. The highest BCUT2D eigenvalue weighted by atomic mass is 16.5. The summed E-state index contributed by atoms with van der Waals surface area (Å²) in [6.07, 6.45) is 5.24. The molecule has 1 N–H and O–H groups in total. The van der Waals surface area contributed by atoms with Crippen LogP contribution in [0.1, 0.15) is 37.1 Å². The van der Waals surface area contributed by atoms with Crippen molar-refractivity contribution in [1.82, 2.24) is 14.9 Å². The molecular weight excluding hydrogens is 290 g/mol. The topological polar surface area (TPSA) is 58.2 Å². The number of ether oxygens (including phenoxy) is 1. The van der Waals surface area contributed by atoms with Crippen molar-refractivity contribution in [3.05, 3.63) is 29.6 Å². The Morgan fingerprint density at radius 3 is 3.13 bits per heavy atom. The fourth-order valence-corrected chi connectivity index (χ4v) is 3.16. The zero-order chi connectivity index (χ0) is 16.2. The highest BCUT2D eigenvalue weighted by molar-refractivity contribution is 5.81. The fourth-order valence-electron chi connectivity index (χ4n) is 3.16. The van der Waals surface area contributed by atoms with E-state index in [4.69, 9.17) is 4.74 Å². The van der Waals surface area contributed by atoms with Crippen molar-refractivity contribution in [2.45, 2.75) is 45.1 Å². The monoisotopic (exact) mass is 315 g/mol. The quantitative estimate of drug-likeness (QED) is 0.892. The molecule has 1 aromatic carbocycles. The molecular formula is C18H25N3O2. The number of H-pyrrole nitrogens is 1. The maximum atomic E-state index is 12.3. The van der Waals surface area contributed by atoms with E-state index in [1.807, 2.05) is 37.1 Å². The predicted octanol–water partition coefficient (Wildman–Crippen LogP) is 2.83. The minimum Gasteiger partial charge on any atom is -0.378 e. The van der Waals surface area contributed by atoms with Crippen LogP contribution in [0.25, 0.3) is 11.0 Å². The van der Waals surface area contributed by atoms with E-state index in [0.717, 1.165) is 48.4 Å². The number of carbonyl (C=O) groups is 1. The second kappa shape index (κ2) is 7.13. The van der Waals surface area contributed by atoms with Crippen LogP contribution in [0.4, 0.5) is 0 Å². The molecule has 0 saturated carbocycles. The smallest absolute Gasteiger partial charge is 0.226 e. The van der Waals surface area contributed by atoms with Gasteiger partial charge in [0.1, 0.15) is 5.82 Å². The van der Waals surface area contributed by atoms with Crippen LogP contribution in [0, 0.1) is 6.92 Å². The zero-order valence-corrected chi connectivity index (χ0v) is 14.0. The third-order valence-electron chi connectivity index (χ3n) is 4.49. The van der Waals surface area contributed by atoms with Gasteiger partial charge in [-0.05, 0) is 50.3 Å². The Kier molecular flexibility index (Phi) is 4.96. The van der Waals surface area contributed by atoms with E-state index < -0.39 is 0 Å². The minimum absolute atomic E-state index is 0.160. The number of likely N-dealkylation sites (N-methyl/N-ethyl adjacent to an activating group) is 1. The summed E-state index contributed by atoms with van der Waals surface area (Å²) in [6.45, 7) is 3.63. The molecule has 0 radical (unpaired) electrons. The first-order valence-corrected chi connectivity index (χ1v) is 8.42. The van der Waals surface area contributed by atoms with E-state index in [2.05, 4.69) is 9.97 Å². The van der Waals surface area contributed by atoms with Crippen LogP contribution in [-0.2, 0) is 16.0 Å². The van der Waals surface area contributed by atoms with Crippen molar-refractivity contribution in [2.75, 3.05) is 20.2 Å². The summed E-state index contributed by atoms with van der Waals surface area (Å²) in [7, 11) is 1.89. The van der Waals surface area contributed by atoms with Gasteiger partial charge in [-0.2, -0.15) is 0 Å². The first-order chi connectivity index (χ1) is 11.1. The average Bonchev–Trinajstić information content (AvgIpc) is 3.15. The number of imidazole rings is 1. The minimum atomic E-state index is 0.160. The molecule has 2 aromatic rings. The molecule has 1 aliphatic heterocycles. The molecule has 3 rings (SSSR count). The molecule has 1 aliphatic rings.